The SMILES string of the molecule is CCOC(=O)c1ccccc1NC(=O)c1cc(Nc2c(F)cccc2F)ncn1. The van der Waals surface area contributed by atoms with Gasteiger partial charge in [-0.25, -0.2) is 23.5 Å². The van der Waals surface area contributed by atoms with Gasteiger partial charge in [0.15, 0.2) is 0 Å². The van der Waals surface area contributed by atoms with E-state index in [1.165, 1.54) is 18.2 Å². The summed E-state index contributed by atoms with van der Waals surface area (Å²) in [6.07, 6.45) is 1.08. The zero-order chi connectivity index (χ0) is 20.8. The van der Waals surface area contributed by atoms with Crippen molar-refractivity contribution in [2.45, 2.75) is 6.92 Å². The van der Waals surface area contributed by atoms with Gasteiger partial charge < -0.3 is 15.4 Å². The number of halogens is 2. The lowest BCUT2D eigenvalue weighted by Crippen LogP contribution is -2.17. The summed E-state index contributed by atoms with van der Waals surface area (Å²) in [6.45, 7) is 1.86. The number of esters is 1. The zero-order valence-corrected chi connectivity index (χ0v) is 15.3. The molecule has 0 saturated heterocycles. The van der Waals surface area contributed by atoms with Crippen molar-refractivity contribution in [1.82, 2.24) is 9.97 Å². The van der Waals surface area contributed by atoms with Crippen LogP contribution in [-0.2, 0) is 4.74 Å². The summed E-state index contributed by atoms with van der Waals surface area (Å²) in [6, 6.07) is 11.0. The molecule has 0 saturated carbocycles. The molecule has 9 heteroatoms. The Hall–Kier alpha value is -3.88. The van der Waals surface area contributed by atoms with E-state index >= 15 is 0 Å². The molecule has 0 fully saturated rings. The van der Waals surface area contributed by atoms with Crippen molar-refractivity contribution < 1.29 is 23.1 Å². The molecule has 0 bridgehead atoms. The zero-order valence-electron chi connectivity index (χ0n) is 15.3. The summed E-state index contributed by atoms with van der Waals surface area (Å²) in [5.41, 5.74) is -0.0455. The van der Waals surface area contributed by atoms with Crippen LogP contribution in [0.4, 0.5) is 26.0 Å². The van der Waals surface area contributed by atoms with Crippen LogP contribution in [0, 0.1) is 11.6 Å². The van der Waals surface area contributed by atoms with E-state index in [-0.39, 0.29) is 29.4 Å². The largest absolute Gasteiger partial charge is 0.462 e. The third-order valence-corrected chi connectivity index (χ3v) is 3.79. The van der Waals surface area contributed by atoms with Gasteiger partial charge in [-0.3, -0.25) is 4.79 Å². The third-order valence-electron chi connectivity index (χ3n) is 3.79. The van der Waals surface area contributed by atoms with Crippen LogP contribution >= 0.6 is 0 Å². The van der Waals surface area contributed by atoms with Gasteiger partial charge in [0.05, 0.1) is 17.9 Å². The van der Waals surface area contributed by atoms with E-state index in [1.54, 1.807) is 25.1 Å². The van der Waals surface area contributed by atoms with Crippen molar-refractivity contribution in [2.24, 2.45) is 0 Å². The third kappa shape index (κ3) is 4.70. The summed E-state index contributed by atoms with van der Waals surface area (Å²) < 4.78 is 32.6. The van der Waals surface area contributed by atoms with E-state index in [1.807, 2.05) is 0 Å². The van der Waals surface area contributed by atoms with Crippen LogP contribution in [0.25, 0.3) is 0 Å². The Morgan fingerprint density at radius 2 is 1.76 bits per heavy atom. The molecule has 29 heavy (non-hydrogen) atoms. The molecule has 1 heterocycles. The van der Waals surface area contributed by atoms with Crippen LogP contribution in [0.2, 0.25) is 0 Å². The fraction of sp³-hybridized carbons (Fsp3) is 0.100. The summed E-state index contributed by atoms with van der Waals surface area (Å²) in [5, 5.41) is 5.06. The highest BCUT2D eigenvalue weighted by Crippen LogP contribution is 2.22. The lowest BCUT2D eigenvalue weighted by Gasteiger charge is -2.11. The molecule has 0 aliphatic carbocycles. The predicted molar refractivity (Wildman–Crippen MR) is 102 cm³/mol. The molecule has 1 amide bonds. The number of hydrogen-bond donors (Lipinski definition) is 2. The fourth-order valence-electron chi connectivity index (χ4n) is 2.46. The number of anilines is 3. The monoisotopic (exact) mass is 398 g/mol. The van der Waals surface area contributed by atoms with Crippen LogP contribution in [0.1, 0.15) is 27.8 Å². The van der Waals surface area contributed by atoms with Crippen molar-refractivity contribution in [3.05, 3.63) is 77.8 Å². The molecule has 0 spiro atoms. The number of hydrogen-bond acceptors (Lipinski definition) is 6. The maximum Gasteiger partial charge on any atom is 0.340 e. The Morgan fingerprint density at radius 1 is 1.03 bits per heavy atom. The molecule has 3 rings (SSSR count). The minimum atomic E-state index is -0.807. The number of carbonyl (C=O) groups excluding carboxylic acids is 2. The van der Waals surface area contributed by atoms with Gasteiger partial charge in [0, 0.05) is 6.07 Å². The predicted octanol–water partition coefficient (Wildman–Crippen LogP) is 3.93. The fourth-order valence-corrected chi connectivity index (χ4v) is 2.46. The molecule has 148 valence electrons. The molecule has 7 nitrogen and oxygen atoms in total. The number of carbonyl (C=O) groups is 2. The van der Waals surface area contributed by atoms with E-state index in [9.17, 15) is 18.4 Å². The Morgan fingerprint density at radius 3 is 2.48 bits per heavy atom. The van der Waals surface area contributed by atoms with Crippen LogP contribution < -0.4 is 10.6 Å². The second kappa shape index (κ2) is 8.87. The first-order valence-corrected chi connectivity index (χ1v) is 8.60. The van der Waals surface area contributed by atoms with Crippen LogP contribution in [-0.4, -0.2) is 28.5 Å². The molecule has 1 aromatic heterocycles. The molecule has 0 aliphatic heterocycles. The Labute approximate surface area is 164 Å². The van der Waals surface area contributed by atoms with Gasteiger partial charge in [0.2, 0.25) is 0 Å². The molecular weight excluding hydrogens is 382 g/mol. The molecule has 0 radical (unpaired) electrons. The van der Waals surface area contributed by atoms with Gasteiger partial charge in [0.25, 0.3) is 5.91 Å². The van der Waals surface area contributed by atoms with Gasteiger partial charge >= 0.3 is 5.97 Å². The number of nitrogens with one attached hydrogen (secondary N) is 2. The second-order valence-corrected chi connectivity index (χ2v) is 5.73. The topological polar surface area (TPSA) is 93.2 Å². The average Bonchev–Trinajstić information content (AvgIpc) is 2.71. The van der Waals surface area contributed by atoms with E-state index in [2.05, 4.69) is 20.6 Å². The summed E-state index contributed by atoms with van der Waals surface area (Å²) in [7, 11) is 0. The van der Waals surface area contributed by atoms with E-state index in [0.717, 1.165) is 18.5 Å². The number of benzene rings is 2. The summed E-state index contributed by atoms with van der Waals surface area (Å²) in [4.78, 5) is 32.3. The van der Waals surface area contributed by atoms with Gasteiger partial charge in [-0.05, 0) is 31.2 Å². The highest BCUT2D eigenvalue weighted by Gasteiger charge is 2.17. The minimum Gasteiger partial charge on any atom is -0.462 e. The first-order valence-electron chi connectivity index (χ1n) is 8.60. The first-order chi connectivity index (χ1) is 14.0. The highest BCUT2D eigenvalue weighted by atomic mass is 19.1. The molecule has 2 N–H and O–H groups in total. The van der Waals surface area contributed by atoms with Crippen LogP contribution in [0.3, 0.4) is 0 Å². The molecule has 0 atom stereocenters. The van der Waals surface area contributed by atoms with Gasteiger partial charge in [-0.1, -0.05) is 18.2 Å². The van der Waals surface area contributed by atoms with Crippen molar-refractivity contribution in [3.63, 3.8) is 0 Å². The number of para-hydroxylation sites is 2. The molecule has 3 aromatic rings. The van der Waals surface area contributed by atoms with Crippen LogP contribution in [0.5, 0.6) is 0 Å². The Bertz CT molecular complexity index is 1040. The molecule has 0 unspecified atom stereocenters. The molecule has 2 aromatic carbocycles. The number of nitrogens with zero attached hydrogens (tertiary/aromatic N) is 2. The van der Waals surface area contributed by atoms with Crippen molar-refractivity contribution in [3.8, 4) is 0 Å². The minimum absolute atomic E-state index is 0.0211. The highest BCUT2D eigenvalue weighted by molar-refractivity contribution is 6.07. The number of rotatable bonds is 6. The lowest BCUT2D eigenvalue weighted by molar-refractivity contribution is 0.0527. The summed E-state index contributed by atoms with van der Waals surface area (Å²) >= 11 is 0. The second-order valence-electron chi connectivity index (χ2n) is 5.73. The van der Waals surface area contributed by atoms with Crippen LogP contribution in [0.15, 0.2) is 54.9 Å². The average molecular weight is 398 g/mol. The summed E-state index contributed by atoms with van der Waals surface area (Å²) in [5.74, 6) is -2.81. The van der Waals surface area contributed by atoms with E-state index < -0.39 is 29.2 Å². The quantitative estimate of drug-likeness (QED) is 0.611. The van der Waals surface area contributed by atoms with E-state index in [4.69, 9.17) is 4.74 Å². The van der Waals surface area contributed by atoms with Gasteiger partial charge in [0.1, 0.15) is 35.2 Å². The standard InChI is InChI=1S/C20H16F2N4O3/c1-2-29-20(28)12-6-3-4-9-15(12)25-19(27)16-10-17(24-11-23-16)26-18-13(21)7-5-8-14(18)22/h3-11H,2H2,1H3,(H,25,27)(H,23,24,26). The van der Waals surface area contributed by atoms with Crippen molar-refractivity contribution in [2.75, 3.05) is 17.2 Å². The van der Waals surface area contributed by atoms with Gasteiger partial charge in [-0.2, -0.15) is 0 Å². The molecular formula is C20H16F2N4O3. The maximum atomic E-state index is 13.8. The Kier molecular flexibility index (Phi) is 6.08. The van der Waals surface area contributed by atoms with Crippen molar-refractivity contribution in [1.29, 1.82) is 0 Å². The first kappa shape index (κ1) is 19.9. The molecule has 0 aliphatic rings. The van der Waals surface area contributed by atoms with Crippen molar-refractivity contribution >= 4 is 29.1 Å². The maximum absolute atomic E-state index is 13.8. The number of ether oxygens (including phenoxy) is 1. The number of amides is 1. The van der Waals surface area contributed by atoms with E-state index in [0.29, 0.717) is 0 Å². The van der Waals surface area contributed by atoms with Gasteiger partial charge in [-0.15, -0.1) is 0 Å². The number of aromatic nitrogens is 2. The lowest BCUT2D eigenvalue weighted by atomic mass is 10.1. The normalized spacial score (nSPS) is 10.3. The smallest absolute Gasteiger partial charge is 0.340 e. The Balaban J connectivity index is 1.81.